The van der Waals surface area contributed by atoms with Gasteiger partial charge in [0, 0.05) is 10.9 Å². The predicted molar refractivity (Wildman–Crippen MR) is 135 cm³/mol. The van der Waals surface area contributed by atoms with E-state index in [1.54, 1.807) is 13.0 Å². The van der Waals surface area contributed by atoms with Crippen molar-refractivity contribution in [2.24, 2.45) is 0 Å². The fraction of sp³-hybridized carbons (Fsp3) is 0.190. The van der Waals surface area contributed by atoms with E-state index in [-0.39, 0.29) is 17.5 Å². The Morgan fingerprint density at radius 1 is 1.15 bits per heavy atom. The summed E-state index contributed by atoms with van der Waals surface area (Å²) in [5.41, 5.74) is 1.85. The Balaban J connectivity index is 1.81. The largest absolute Gasteiger partial charge is 0.462 e. The van der Waals surface area contributed by atoms with E-state index >= 15 is 0 Å². The summed E-state index contributed by atoms with van der Waals surface area (Å²) in [4.78, 5) is 25.0. The highest BCUT2D eigenvalue weighted by molar-refractivity contribution is 7.80. The maximum atomic E-state index is 12.7. The van der Waals surface area contributed by atoms with Crippen molar-refractivity contribution in [2.75, 3.05) is 11.9 Å². The highest BCUT2D eigenvalue weighted by Crippen LogP contribution is 2.36. The lowest BCUT2D eigenvalue weighted by atomic mass is 10.0. The predicted octanol–water partition coefficient (Wildman–Crippen LogP) is 5.60. The summed E-state index contributed by atoms with van der Waals surface area (Å²) >= 11 is 24.7. The molecule has 33 heavy (non-hydrogen) atoms. The first-order chi connectivity index (χ1) is 15.7. The van der Waals surface area contributed by atoms with Crippen molar-refractivity contribution in [2.45, 2.75) is 16.9 Å². The zero-order chi connectivity index (χ0) is 24.0. The summed E-state index contributed by atoms with van der Waals surface area (Å²) in [6.45, 7) is 1.93. The smallest absolute Gasteiger partial charge is 0.341 e. The molecule has 0 aliphatic heterocycles. The summed E-state index contributed by atoms with van der Waals surface area (Å²) in [5, 5.41) is 10.5. The molecule has 2 heterocycles. The van der Waals surface area contributed by atoms with Crippen molar-refractivity contribution in [3.05, 3.63) is 65.4 Å². The van der Waals surface area contributed by atoms with Crippen LogP contribution >= 0.6 is 58.4 Å². The third kappa shape index (κ3) is 6.61. The van der Waals surface area contributed by atoms with E-state index in [1.165, 1.54) is 23.7 Å². The number of anilines is 1. The average Bonchev–Trinajstić information content (AvgIpc) is 3.44. The number of ether oxygens (including phenoxy) is 1. The van der Waals surface area contributed by atoms with E-state index in [1.807, 2.05) is 35.7 Å². The Morgan fingerprint density at radius 2 is 1.88 bits per heavy atom. The first-order valence-corrected chi connectivity index (χ1v) is 12.0. The van der Waals surface area contributed by atoms with Gasteiger partial charge in [-0.2, -0.15) is 0 Å². The van der Waals surface area contributed by atoms with E-state index in [4.69, 9.17) is 56.2 Å². The van der Waals surface area contributed by atoms with Crippen LogP contribution in [0.4, 0.5) is 5.00 Å². The molecule has 174 valence electrons. The van der Waals surface area contributed by atoms with Gasteiger partial charge in [0.05, 0.1) is 12.9 Å². The lowest BCUT2D eigenvalue weighted by molar-refractivity contribution is 0.0529. The second-order valence-corrected chi connectivity index (χ2v) is 10.1. The van der Waals surface area contributed by atoms with Gasteiger partial charge in [0.2, 0.25) is 3.79 Å². The molecule has 1 amide bonds. The number of hydrogen-bond donors (Lipinski definition) is 3. The third-order valence-electron chi connectivity index (χ3n) is 4.21. The molecule has 0 unspecified atom stereocenters. The van der Waals surface area contributed by atoms with Gasteiger partial charge in [-0.3, -0.25) is 4.79 Å². The molecule has 3 N–H and O–H groups in total. The van der Waals surface area contributed by atoms with Crippen LogP contribution in [0.15, 0.2) is 58.5 Å². The first-order valence-electron chi connectivity index (χ1n) is 9.53. The van der Waals surface area contributed by atoms with Gasteiger partial charge in [-0.05, 0) is 36.8 Å². The fourth-order valence-corrected chi connectivity index (χ4v) is 4.34. The molecule has 0 saturated carbocycles. The molecule has 0 aliphatic rings. The minimum atomic E-state index is -1.96. The Morgan fingerprint density at radius 3 is 2.48 bits per heavy atom. The summed E-state index contributed by atoms with van der Waals surface area (Å²) in [7, 11) is 0. The first kappa shape index (κ1) is 25.3. The van der Waals surface area contributed by atoms with Crippen LogP contribution in [-0.4, -0.2) is 33.6 Å². The number of thiocarbonyl (C=S) groups is 1. The van der Waals surface area contributed by atoms with Gasteiger partial charge in [0.1, 0.15) is 16.7 Å². The Hall–Kier alpha value is -2.30. The molecule has 7 nitrogen and oxygen atoms in total. The van der Waals surface area contributed by atoms with E-state index in [0.717, 1.165) is 5.56 Å². The molecule has 0 saturated heterocycles. The molecule has 12 heteroatoms. The van der Waals surface area contributed by atoms with E-state index in [0.29, 0.717) is 16.1 Å². The molecular weight excluding hydrogens is 529 g/mol. The third-order valence-corrected chi connectivity index (χ3v) is 5.98. The molecule has 0 aliphatic carbocycles. The van der Waals surface area contributed by atoms with E-state index in [9.17, 15) is 9.59 Å². The SMILES string of the molecule is CCOC(=O)c1c(-c2ccccc2)csc1NC(=S)N[C@H](NC(=O)c1ccco1)C(Cl)(Cl)Cl. The number of nitrogens with one attached hydrogen (secondary N) is 3. The van der Waals surface area contributed by atoms with Gasteiger partial charge >= 0.3 is 5.97 Å². The molecule has 0 fully saturated rings. The molecule has 2 aromatic heterocycles. The van der Waals surface area contributed by atoms with E-state index < -0.39 is 21.8 Å². The number of carbonyl (C=O) groups excluding carboxylic acids is 2. The average molecular weight is 547 g/mol. The van der Waals surface area contributed by atoms with Crippen LogP contribution in [0.25, 0.3) is 11.1 Å². The van der Waals surface area contributed by atoms with Crippen molar-refractivity contribution >= 4 is 80.3 Å². The van der Waals surface area contributed by atoms with Crippen LogP contribution < -0.4 is 16.0 Å². The number of hydrogen-bond acceptors (Lipinski definition) is 6. The summed E-state index contributed by atoms with van der Waals surface area (Å²) in [5.74, 6) is -1.08. The standard InChI is InChI=1S/C21H18Cl3N3O4S2/c1-2-30-18(29)15-13(12-7-4-3-5-8-12)11-33-17(15)26-20(32)27-19(21(22,23)24)25-16(28)14-9-6-10-31-14/h3-11,19H,2H2,1H3,(H,25,28)(H2,26,27,32)/t19-/m0/s1. The van der Waals surface area contributed by atoms with Crippen molar-refractivity contribution in [1.82, 2.24) is 10.6 Å². The quantitative estimate of drug-likeness (QED) is 0.154. The fourth-order valence-electron chi connectivity index (χ4n) is 2.77. The number of alkyl halides is 3. The number of esters is 1. The summed E-state index contributed by atoms with van der Waals surface area (Å²) in [6, 6.07) is 12.4. The van der Waals surface area contributed by atoms with Crippen molar-refractivity contribution in [3.8, 4) is 11.1 Å². The minimum absolute atomic E-state index is 0.0121. The number of amides is 1. The monoisotopic (exact) mass is 545 g/mol. The molecule has 0 bridgehead atoms. The lowest BCUT2D eigenvalue weighted by Gasteiger charge is -2.27. The number of rotatable bonds is 7. The highest BCUT2D eigenvalue weighted by atomic mass is 35.6. The normalized spacial score (nSPS) is 12.0. The zero-order valence-electron chi connectivity index (χ0n) is 17.1. The Kier molecular flexibility index (Phi) is 8.61. The van der Waals surface area contributed by atoms with Gasteiger partial charge in [0.15, 0.2) is 10.9 Å². The minimum Gasteiger partial charge on any atom is -0.462 e. The second-order valence-electron chi connectivity index (χ2n) is 6.46. The zero-order valence-corrected chi connectivity index (χ0v) is 21.0. The van der Waals surface area contributed by atoms with Crippen molar-refractivity contribution in [3.63, 3.8) is 0 Å². The van der Waals surface area contributed by atoms with Crippen LogP contribution in [0, 0.1) is 0 Å². The Bertz CT molecular complexity index is 1120. The molecule has 1 aromatic carbocycles. The molecule has 0 spiro atoms. The van der Waals surface area contributed by atoms with Gasteiger partial charge < -0.3 is 25.1 Å². The van der Waals surface area contributed by atoms with Crippen LogP contribution in [-0.2, 0) is 4.74 Å². The summed E-state index contributed by atoms with van der Waals surface area (Å²) in [6.07, 6.45) is 0.136. The highest BCUT2D eigenvalue weighted by Gasteiger charge is 2.35. The van der Waals surface area contributed by atoms with Crippen LogP contribution in [0.3, 0.4) is 0 Å². The maximum Gasteiger partial charge on any atom is 0.341 e. The Labute approximate surface area is 214 Å². The molecule has 3 rings (SSSR count). The van der Waals surface area contributed by atoms with Crippen molar-refractivity contribution < 1.29 is 18.7 Å². The maximum absolute atomic E-state index is 12.7. The van der Waals surface area contributed by atoms with Crippen molar-refractivity contribution in [1.29, 1.82) is 0 Å². The van der Waals surface area contributed by atoms with Crippen LogP contribution in [0.5, 0.6) is 0 Å². The molecular formula is C21H18Cl3N3O4S2. The number of thiophene rings is 1. The summed E-state index contributed by atoms with van der Waals surface area (Å²) < 4.78 is 8.33. The van der Waals surface area contributed by atoms with Gasteiger partial charge in [0.25, 0.3) is 5.91 Å². The number of furan rings is 1. The van der Waals surface area contributed by atoms with Crippen LogP contribution in [0.2, 0.25) is 0 Å². The molecule has 1 atom stereocenters. The topological polar surface area (TPSA) is 92.6 Å². The second kappa shape index (κ2) is 11.2. The molecule has 3 aromatic rings. The molecule has 0 radical (unpaired) electrons. The number of halogens is 3. The van der Waals surface area contributed by atoms with E-state index in [2.05, 4.69) is 16.0 Å². The van der Waals surface area contributed by atoms with Crippen LogP contribution in [0.1, 0.15) is 27.8 Å². The van der Waals surface area contributed by atoms with Gasteiger partial charge in [-0.25, -0.2) is 4.79 Å². The van der Waals surface area contributed by atoms with Gasteiger partial charge in [-0.15, -0.1) is 11.3 Å². The number of carbonyl (C=O) groups is 2. The van der Waals surface area contributed by atoms with Gasteiger partial charge in [-0.1, -0.05) is 65.1 Å². The lowest BCUT2D eigenvalue weighted by Crippen LogP contribution is -2.56. The number of benzene rings is 1.